The van der Waals surface area contributed by atoms with Gasteiger partial charge in [0.1, 0.15) is 0 Å². The minimum atomic E-state index is -0.814. The van der Waals surface area contributed by atoms with Crippen LogP contribution in [0.1, 0.15) is 5.56 Å². The first-order valence-electron chi connectivity index (χ1n) is 11.5. The van der Waals surface area contributed by atoms with Crippen molar-refractivity contribution >= 4 is 11.8 Å². The number of β-amino-alcohol motifs (C(OH)–C–C–N with tert-alkyl or cyclic N) is 1. The minimum Gasteiger partial charge on any atom is -0.390 e. The molecule has 1 aliphatic heterocycles. The van der Waals surface area contributed by atoms with Crippen LogP contribution in [-0.2, 0) is 6.54 Å². The van der Waals surface area contributed by atoms with E-state index >= 15 is 0 Å². The van der Waals surface area contributed by atoms with Crippen LogP contribution in [0, 0.1) is 6.92 Å². The van der Waals surface area contributed by atoms with E-state index in [2.05, 4.69) is 16.8 Å². The van der Waals surface area contributed by atoms with E-state index in [1.165, 1.54) is 6.07 Å². The zero-order valence-corrected chi connectivity index (χ0v) is 20.8. The number of aromatic nitrogens is 2. The fourth-order valence-electron chi connectivity index (χ4n) is 4.26. The van der Waals surface area contributed by atoms with Gasteiger partial charge in [-0.25, -0.2) is 4.79 Å². The van der Waals surface area contributed by atoms with Crippen LogP contribution in [0.15, 0.2) is 69.1 Å². The van der Waals surface area contributed by atoms with Gasteiger partial charge < -0.3 is 10.0 Å². The maximum atomic E-state index is 13.7. The highest BCUT2D eigenvalue weighted by Gasteiger charge is 2.20. The largest absolute Gasteiger partial charge is 0.390 e. The topological polar surface area (TPSA) is 70.7 Å². The van der Waals surface area contributed by atoms with Crippen LogP contribution in [0.5, 0.6) is 0 Å². The quantitative estimate of drug-likeness (QED) is 0.524. The van der Waals surface area contributed by atoms with E-state index in [-0.39, 0.29) is 6.54 Å². The normalized spacial score (nSPS) is 16.0. The summed E-state index contributed by atoms with van der Waals surface area (Å²) in [6.07, 6.45) is 1.19. The van der Waals surface area contributed by atoms with Crippen LogP contribution >= 0.6 is 11.8 Å². The maximum absolute atomic E-state index is 13.7. The second-order valence-electron chi connectivity index (χ2n) is 8.92. The van der Waals surface area contributed by atoms with Crippen molar-refractivity contribution in [2.75, 3.05) is 46.0 Å². The van der Waals surface area contributed by atoms with Crippen molar-refractivity contribution in [2.45, 2.75) is 24.5 Å². The van der Waals surface area contributed by atoms with Crippen LogP contribution in [-0.4, -0.2) is 76.2 Å². The van der Waals surface area contributed by atoms with Gasteiger partial charge in [-0.1, -0.05) is 29.8 Å². The predicted molar refractivity (Wildman–Crippen MR) is 138 cm³/mol. The molecule has 0 aliphatic carbocycles. The number of aliphatic hydroxyl groups is 1. The van der Waals surface area contributed by atoms with Crippen LogP contribution in [0.4, 0.5) is 0 Å². The Morgan fingerprint density at radius 3 is 2.21 bits per heavy atom. The number of likely N-dealkylation sites (N-methyl/N-ethyl adjacent to an activating group) is 1. The van der Waals surface area contributed by atoms with Gasteiger partial charge in [0.05, 0.1) is 24.0 Å². The highest BCUT2D eigenvalue weighted by molar-refractivity contribution is 7.98. The number of benzene rings is 2. The Morgan fingerprint density at radius 2 is 1.59 bits per heavy atom. The molecule has 0 amide bonds. The third-order valence-corrected chi connectivity index (χ3v) is 7.07. The fourth-order valence-corrected chi connectivity index (χ4v) is 4.67. The molecule has 3 aromatic rings. The van der Waals surface area contributed by atoms with Gasteiger partial charge in [-0.2, -0.15) is 0 Å². The second kappa shape index (κ2) is 10.7. The lowest BCUT2D eigenvalue weighted by atomic mass is 10.1. The van der Waals surface area contributed by atoms with Crippen molar-refractivity contribution in [3.63, 3.8) is 0 Å². The van der Waals surface area contributed by atoms with E-state index in [0.717, 1.165) is 46.8 Å². The zero-order valence-electron chi connectivity index (χ0n) is 20.0. The molecular weight excluding hydrogens is 448 g/mol. The first-order chi connectivity index (χ1) is 16.4. The molecule has 7 nitrogen and oxygen atoms in total. The molecule has 34 heavy (non-hydrogen) atoms. The summed E-state index contributed by atoms with van der Waals surface area (Å²) in [5.74, 6) is 0. The Kier molecular flexibility index (Phi) is 7.73. The summed E-state index contributed by atoms with van der Waals surface area (Å²) in [6.45, 7) is 6.00. The van der Waals surface area contributed by atoms with Gasteiger partial charge >= 0.3 is 5.69 Å². The summed E-state index contributed by atoms with van der Waals surface area (Å²) in [7, 11) is 2.08. The van der Waals surface area contributed by atoms with Crippen molar-refractivity contribution in [1.82, 2.24) is 18.9 Å². The first-order valence-corrected chi connectivity index (χ1v) is 12.8. The van der Waals surface area contributed by atoms with Crippen LogP contribution < -0.4 is 11.2 Å². The summed E-state index contributed by atoms with van der Waals surface area (Å²) in [5, 5.41) is 10.8. The third kappa shape index (κ3) is 5.52. The van der Waals surface area contributed by atoms with Crippen molar-refractivity contribution in [3.8, 4) is 16.9 Å². The molecule has 1 aromatic heterocycles. The summed E-state index contributed by atoms with van der Waals surface area (Å²) in [5.41, 5.74) is 2.26. The lowest BCUT2D eigenvalue weighted by Gasteiger charge is -2.33. The number of rotatable bonds is 7. The molecule has 8 heteroatoms. The molecule has 1 fully saturated rings. The van der Waals surface area contributed by atoms with Gasteiger partial charge in [0, 0.05) is 43.7 Å². The molecule has 0 saturated carbocycles. The van der Waals surface area contributed by atoms with E-state index in [0.29, 0.717) is 17.9 Å². The smallest absolute Gasteiger partial charge is 0.336 e. The highest BCUT2D eigenvalue weighted by atomic mass is 32.2. The Labute approximate surface area is 204 Å². The number of nitrogens with zero attached hydrogens (tertiary/aromatic N) is 4. The summed E-state index contributed by atoms with van der Waals surface area (Å²) < 4.78 is 2.72. The molecule has 1 N–H and O–H groups in total. The van der Waals surface area contributed by atoms with Gasteiger partial charge in [-0.3, -0.25) is 18.8 Å². The molecular formula is C26H32N4O3S. The van der Waals surface area contributed by atoms with E-state index in [4.69, 9.17) is 0 Å². The SMILES string of the molecule is CSc1ccc(-n2c(-c3ccc(C)cc3)cc(=O)n(CC(O)CN3CCN(C)CC3)c2=O)cc1. The molecule has 1 unspecified atom stereocenters. The standard InChI is InChI=1S/C26H32N4O3S/c1-19-4-6-20(7-5-19)24-16-25(32)29(18-22(31)17-28-14-12-27(2)13-15-28)26(33)30(24)21-8-10-23(34-3)11-9-21/h4-11,16,22,31H,12-15,17-18H2,1-3H3. The molecule has 0 bridgehead atoms. The van der Waals surface area contributed by atoms with Gasteiger partial charge in [-0.05, 0) is 50.1 Å². The highest BCUT2D eigenvalue weighted by Crippen LogP contribution is 2.22. The number of thioether (sulfide) groups is 1. The molecule has 4 rings (SSSR count). The minimum absolute atomic E-state index is 0.0406. The van der Waals surface area contributed by atoms with Gasteiger partial charge in [-0.15, -0.1) is 11.8 Å². The van der Waals surface area contributed by atoms with Crippen LogP contribution in [0.2, 0.25) is 0 Å². The van der Waals surface area contributed by atoms with Crippen molar-refractivity contribution in [2.24, 2.45) is 0 Å². The van der Waals surface area contributed by atoms with Crippen LogP contribution in [0.3, 0.4) is 0 Å². The lowest BCUT2D eigenvalue weighted by Crippen LogP contribution is -2.49. The summed E-state index contributed by atoms with van der Waals surface area (Å²) in [6, 6.07) is 17.0. The van der Waals surface area contributed by atoms with Crippen molar-refractivity contribution in [1.29, 1.82) is 0 Å². The average molecular weight is 481 g/mol. The van der Waals surface area contributed by atoms with E-state index in [9.17, 15) is 14.7 Å². The van der Waals surface area contributed by atoms with Crippen LogP contribution in [0.25, 0.3) is 16.9 Å². The number of aliphatic hydroxyl groups excluding tert-OH is 1. The molecule has 1 atom stereocenters. The Morgan fingerprint density at radius 1 is 0.941 bits per heavy atom. The predicted octanol–water partition coefficient (Wildman–Crippen LogP) is 2.30. The van der Waals surface area contributed by atoms with E-state index < -0.39 is 17.4 Å². The third-order valence-electron chi connectivity index (χ3n) is 6.33. The number of hydrogen-bond donors (Lipinski definition) is 1. The molecule has 1 aliphatic rings. The fraction of sp³-hybridized carbons (Fsp3) is 0.385. The number of piperazine rings is 1. The van der Waals surface area contributed by atoms with E-state index in [1.54, 1.807) is 16.3 Å². The maximum Gasteiger partial charge on any atom is 0.336 e. The number of aryl methyl sites for hydroxylation is 1. The molecule has 180 valence electrons. The average Bonchev–Trinajstić information content (AvgIpc) is 2.83. The zero-order chi connectivity index (χ0) is 24.2. The molecule has 0 radical (unpaired) electrons. The van der Waals surface area contributed by atoms with Gasteiger partial charge in [0.15, 0.2) is 0 Å². The monoisotopic (exact) mass is 480 g/mol. The first kappa shape index (κ1) is 24.5. The van der Waals surface area contributed by atoms with E-state index in [1.807, 2.05) is 61.7 Å². The second-order valence-corrected chi connectivity index (χ2v) is 9.80. The Bertz CT molecular complexity index is 1230. The molecule has 2 aromatic carbocycles. The number of hydrogen-bond acceptors (Lipinski definition) is 6. The summed E-state index contributed by atoms with van der Waals surface area (Å²) >= 11 is 1.63. The molecule has 1 saturated heterocycles. The summed E-state index contributed by atoms with van der Waals surface area (Å²) in [4.78, 5) is 32.2. The Hall–Kier alpha value is -2.65. The lowest BCUT2D eigenvalue weighted by molar-refractivity contribution is 0.0696. The molecule has 0 spiro atoms. The Balaban J connectivity index is 1.72. The molecule has 2 heterocycles. The van der Waals surface area contributed by atoms with Crippen molar-refractivity contribution < 1.29 is 5.11 Å². The van der Waals surface area contributed by atoms with Gasteiger partial charge in [0.2, 0.25) is 0 Å². The van der Waals surface area contributed by atoms with Gasteiger partial charge in [0.25, 0.3) is 5.56 Å². The van der Waals surface area contributed by atoms with Crippen molar-refractivity contribution in [3.05, 3.63) is 81.0 Å².